The Morgan fingerprint density at radius 1 is 1.03 bits per heavy atom. The average Bonchev–Trinajstić information content (AvgIpc) is 2.66. The Balaban J connectivity index is 0.000000311. The summed E-state index contributed by atoms with van der Waals surface area (Å²) in [5.74, 6) is -0.513. The lowest BCUT2D eigenvalue weighted by molar-refractivity contribution is -0.499. The Morgan fingerprint density at radius 2 is 1.57 bits per heavy atom. The smallest absolute Gasteiger partial charge is 0.330 e. The van der Waals surface area contributed by atoms with E-state index in [0.29, 0.717) is 26.1 Å². The zero-order valence-corrected chi connectivity index (χ0v) is 18.9. The van der Waals surface area contributed by atoms with Crippen molar-refractivity contribution >= 4 is 11.9 Å². The highest BCUT2D eigenvalue weighted by atomic mass is 16.6. The largest absolute Gasteiger partial charge is 0.466 e. The Bertz CT molecular complexity index is 590. The molecule has 0 aliphatic carbocycles. The number of piperidine rings is 2. The maximum absolute atomic E-state index is 11.5. The van der Waals surface area contributed by atoms with Crippen LogP contribution in [0.15, 0.2) is 11.6 Å². The maximum Gasteiger partial charge on any atom is 0.330 e. The molecule has 0 N–H and O–H groups in total. The molecule has 0 bridgehead atoms. The van der Waals surface area contributed by atoms with Crippen LogP contribution in [0.25, 0.3) is 0 Å². The molecule has 2 aliphatic heterocycles. The van der Waals surface area contributed by atoms with Crippen LogP contribution < -0.4 is 0 Å². The van der Waals surface area contributed by atoms with Crippen LogP contribution in [0.1, 0.15) is 46.0 Å². The van der Waals surface area contributed by atoms with E-state index in [0.717, 1.165) is 39.0 Å². The summed E-state index contributed by atoms with van der Waals surface area (Å²) in [5.41, 5.74) is 0.707. The highest BCUT2D eigenvalue weighted by Gasteiger charge is 2.40. The van der Waals surface area contributed by atoms with Gasteiger partial charge in [0, 0.05) is 29.5 Å². The molecule has 0 aromatic rings. The van der Waals surface area contributed by atoms with Gasteiger partial charge in [-0.05, 0) is 66.7 Å². The molecule has 0 radical (unpaired) electrons. The molecule has 2 aliphatic rings. The van der Waals surface area contributed by atoms with Crippen molar-refractivity contribution in [2.24, 2.45) is 5.41 Å². The third kappa shape index (κ3) is 10.2. The van der Waals surface area contributed by atoms with Gasteiger partial charge in [-0.1, -0.05) is 5.57 Å². The minimum absolute atomic E-state index is 0.139. The van der Waals surface area contributed by atoms with Crippen LogP contribution >= 0.6 is 0 Å². The predicted octanol–water partition coefficient (Wildman–Crippen LogP) is 2.13. The number of esters is 2. The number of nitrogens with zero attached hydrogens (tertiary/aromatic N) is 3. The normalized spacial score (nSPS) is 19.3. The molecule has 0 saturated carbocycles. The molecule has 2 saturated heterocycles. The number of carbonyl (C=O) groups is 2. The molecule has 2 fully saturated rings. The first-order valence-electron chi connectivity index (χ1n) is 10.7. The minimum atomic E-state index is -0.512. The van der Waals surface area contributed by atoms with Crippen LogP contribution in [0.4, 0.5) is 0 Å². The van der Waals surface area contributed by atoms with E-state index in [2.05, 4.69) is 16.8 Å². The second kappa shape index (κ2) is 13.3. The van der Waals surface area contributed by atoms with Gasteiger partial charge in [0.05, 0.1) is 19.6 Å². The third-order valence-corrected chi connectivity index (χ3v) is 5.57. The fraction of sp³-hybridized carbons (Fsp3) is 0.810. The van der Waals surface area contributed by atoms with Gasteiger partial charge >= 0.3 is 11.9 Å². The summed E-state index contributed by atoms with van der Waals surface area (Å²) in [6, 6.07) is 0. The van der Waals surface area contributed by atoms with E-state index in [1.165, 1.54) is 5.57 Å². The predicted molar refractivity (Wildman–Crippen MR) is 114 cm³/mol. The molecule has 0 amide bonds. The van der Waals surface area contributed by atoms with Crippen LogP contribution in [-0.2, 0) is 19.1 Å². The van der Waals surface area contributed by atoms with Crippen LogP contribution in [-0.4, -0.2) is 86.7 Å². The Labute approximate surface area is 179 Å². The van der Waals surface area contributed by atoms with Gasteiger partial charge in [-0.2, -0.15) is 0 Å². The van der Waals surface area contributed by atoms with Crippen molar-refractivity contribution in [3.8, 4) is 0 Å². The molecule has 0 aromatic heterocycles. The maximum atomic E-state index is 11.5. The fourth-order valence-electron chi connectivity index (χ4n) is 3.68. The summed E-state index contributed by atoms with van der Waals surface area (Å²) in [4.78, 5) is 37.4. The molecule has 0 spiro atoms. The molecule has 172 valence electrons. The summed E-state index contributed by atoms with van der Waals surface area (Å²) < 4.78 is 9.75. The lowest BCUT2D eigenvalue weighted by Crippen LogP contribution is -2.43. The van der Waals surface area contributed by atoms with Gasteiger partial charge < -0.3 is 19.3 Å². The zero-order valence-electron chi connectivity index (χ0n) is 18.9. The molecule has 30 heavy (non-hydrogen) atoms. The van der Waals surface area contributed by atoms with Crippen molar-refractivity contribution in [1.29, 1.82) is 0 Å². The Hall–Kier alpha value is -2.00. The second-order valence-corrected chi connectivity index (χ2v) is 8.13. The van der Waals surface area contributed by atoms with E-state index in [4.69, 9.17) is 9.47 Å². The molecule has 2 heterocycles. The standard InChI is InChI=1S/C11H20N2O4.C10H17NO2/c1-3-17-10(14)8-11(9-13(15)16)4-6-12(2)7-5-11;1-3-13-10(12)8-9-4-6-11(2)7-5-9/h3-9H2,1-2H3;8H,3-7H2,1-2H3. The number of carbonyl (C=O) groups excluding carboxylic acids is 2. The Morgan fingerprint density at radius 3 is 2.07 bits per heavy atom. The Kier molecular flexibility index (Phi) is 11.6. The quantitative estimate of drug-likeness (QED) is 0.263. The fourth-order valence-corrected chi connectivity index (χ4v) is 3.68. The van der Waals surface area contributed by atoms with Crippen molar-refractivity contribution in [1.82, 2.24) is 9.80 Å². The zero-order chi connectivity index (χ0) is 22.6. The highest BCUT2D eigenvalue weighted by Crippen LogP contribution is 2.35. The lowest BCUT2D eigenvalue weighted by atomic mass is 9.76. The summed E-state index contributed by atoms with van der Waals surface area (Å²) in [6.07, 6.45) is 5.17. The van der Waals surface area contributed by atoms with Gasteiger partial charge in [-0.15, -0.1) is 0 Å². The first kappa shape index (κ1) is 26.0. The van der Waals surface area contributed by atoms with E-state index in [1.807, 2.05) is 14.0 Å². The van der Waals surface area contributed by atoms with Gasteiger partial charge in [0.15, 0.2) is 0 Å². The molecule has 0 atom stereocenters. The topological polar surface area (TPSA) is 102 Å². The van der Waals surface area contributed by atoms with Crippen LogP contribution in [0, 0.1) is 15.5 Å². The van der Waals surface area contributed by atoms with Crippen molar-refractivity contribution in [3.05, 3.63) is 21.8 Å². The summed E-state index contributed by atoms with van der Waals surface area (Å²) in [7, 11) is 4.08. The molecule has 9 heteroatoms. The van der Waals surface area contributed by atoms with E-state index < -0.39 is 5.41 Å². The van der Waals surface area contributed by atoms with Gasteiger partial charge in [0.2, 0.25) is 6.54 Å². The van der Waals surface area contributed by atoms with Crippen molar-refractivity contribution in [2.75, 3.05) is 60.0 Å². The highest BCUT2D eigenvalue weighted by molar-refractivity contribution is 5.82. The number of hydrogen-bond acceptors (Lipinski definition) is 8. The molecule has 0 unspecified atom stereocenters. The van der Waals surface area contributed by atoms with Crippen molar-refractivity contribution in [3.63, 3.8) is 0 Å². The molecular formula is C21H37N3O6. The summed E-state index contributed by atoms with van der Waals surface area (Å²) in [5, 5.41) is 10.7. The van der Waals surface area contributed by atoms with Crippen molar-refractivity contribution in [2.45, 2.75) is 46.0 Å². The number of likely N-dealkylation sites (tertiary alicyclic amines) is 2. The van der Waals surface area contributed by atoms with E-state index in [9.17, 15) is 19.7 Å². The number of rotatable bonds is 7. The van der Waals surface area contributed by atoms with Crippen LogP contribution in [0.5, 0.6) is 0 Å². The van der Waals surface area contributed by atoms with E-state index in [-0.39, 0.29) is 29.8 Å². The SMILES string of the molecule is CCOC(=O)C=C1CCN(C)CC1.CCOC(=O)CC1(C[N+](=O)[O-])CCN(C)CC1. The molecule has 2 rings (SSSR count). The molecule has 0 aromatic carbocycles. The second-order valence-electron chi connectivity index (χ2n) is 8.13. The molecular weight excluding hydrogens is 390 g/mol. The van der Waals surface area contributed by atoms with Crippen LogP contribution in [0.3, 0.4) is 0 Å². The van der Waals surface area contributed by atoms with Gasteiger partial charge in [0.25, 0.3) is 0 Å². The number of hydrogen-bond donors (Lipinski definition) is 0. The van der Waals surface area contributed by atoms with Crippen molar-refractivity contribution < 1.29 is 24.0 Å². The number of nitro groups is 1. The van der Waals surface area contributed by atoms with E-state index >= 15 is 0 Å². The van der Waals surface area contributed by atoms with Gasteiger partial charge in [-0.25, -0.2) is 4.79 Å². The van der Waals surface area contributed by atoms with Gasteiger partial charge in [0.1, 0.15) is 0 Å². The monoisotopic (exact) mass is 427 g/mol. The number of ether oxygens (including phenoxy) is 2. The molecule has 9 nitrogen and oxygen atoms in total. The van der Waals surface area contributed by atoms with E-state index in [1.54, 1.807) is 13.0 Å². The first-order valence-corrected chi connectivity index (χ1v) is 10.7. The average molecular weight is 428 g/mol. The van der Waals surface area contributed by atoms with Crippen LogP contribution in [0.2, 0.25) is 0 Å². The first-order chi connectivity index (χ1) is 14.2. The summed E-state index contributed by atoms with van der Waals surface area (Å²) >= 11 is 0. The third-order valence-electron chi connectivity index (χ3n) is 5.57. The minimum Gasteiger partial charge on any atom is -0.466 e. The summed E-state index contributed by atoms with van der Waals surface area (Å²) in [6.45, 7) is 7.91. The van der Waals surface area contributed by atoms with Gasteiger partial charge in [-0.3, -0.25) is 14.9 Å². The lowest BCUT2D eigenvalue weighted by Gasteiger charge is -2.37.